The first-order valence-electron chi connectivity index (χ1n) is 23.2. The Morgan fingerprint density at radius 1 is 0.412 bits per heavy atom. The lowest BCUT2D eigenvalue weighted by atomic mass is 9.67. The molecule has 12 aromatic rings. The molecule has 0 amide bonds. The summed E-state index contributed by atoms with van der Waals surface area (Å²) in [6, 6.07) is 88.2. The Balaban J connectivity index is 1.07. The predicted molar refractivity (Wildman–Crippen MR) is 283 cm³/mol. The number of para-hydroxylation sites is 3. The summed E-state index contributed by atoms with van der Waals surface area (Å²) in [7, 11) is -1.82. The molecular formula is C64H45NO2S. The molecule has 4 heteroatoms. The van der Waals surface area contributed by atoms with Crippen molar-refractivity contribution >= 4 is 71.0 Å². The minimum atomic E-state index is -1.82. The van der Waals surface area contributed by atoms with E-state index < -0.39 is 15.4 Å². The SMILES string of the molecule is C=C(C)S(c1ccccc1)(c1ccccc1)c1ccc(N(c2ccccc2)c2cccc3c2-c2ccccc2C3(c2ccc3oc4ccccc4c3c2)c2ccc3oc4ccccc4c3c2)cc1. The second kappa shape index (κ2) is 15.7. The fourth-order valence-electron chi connectivity index (χ4n) is 11.3. The largest absolute Gasteiger partial charge is 0.456 e. The van der Waals surface area contributed by atoms with Gasteiger partial charge in [-0.3, -0.25) is 0 Å². The van der Waals surface area contributed by atoms with Crippen molar-refractivity contribution in [3.05, 3.63) is 276 Å². The average Bonchev–Trinajstić information content (AvgIpc) is 4.06. The van der Waals surface area contributed by atoms with E-state index >= 15 is 0 Å². The molecule has 324 valence electrons. The van der Waals surface area contributed by atoms with Crippen LogP contribution in [0, 0.1) is 0 Å². The van der Waals surface area contributed by atoms with E-state index in [0.717, 1.165) is 65.8 Å². The number of anilines is 3. The van der Waals surface area contributed by atoms with E-state index in [-0.39, 0.29) is 0 Å². The van der Waals surface area contributed by atoms with Crippen molar-refractivity contribution in [2.45, 2.75) is 27.0 Å². The zero-order valence-corrected chi connectivity index (χ0v) is 38.3. The van der Waals surface area contributed by atoms with Gasteiger partial charge in [0.25, 0.3) is 0 Å². The average molecular weight is 892 g/mol. The van der Waals surface area contributed by atoms with Crippen molar-refractivity contribution in [2.24, 2.45) is 0 Å². The smallest absolute Gasteiger partial charge is 0.135 e. The van der Waals surface area contributed by atoms with Gasteiger partial charge >= 0.3 is 0 Å². The summed E-state index contributed by atoms with van der Waals surface area (Å²) in [4.78, 5) is 7.36. The molecular weight excluding hydrogens is 847 g/mol. The summed E-state index contributed by atoms with van der Waals surface area (Å²) in [5.74, 6) is 0. The van der Waals surface area contributed by atoms with Gasteiger partial charge in [-0.25, -0.2) is 0 Å². The first kappa shape index (κ1) is 40.0. The summed E-state index contributed by atoms with van der Waals surface area (Å²) < 4.78 is 12.9. The molecule has 10 aromatic carbocycles. The fraction of sp³-hybridized carbons (Fsp3) is 0.0312. The highest BCUT2D eigenvalue weighted by atomic mass is 32.3. The van der Waals surface area contributed by atoms with Gasteiger partial charge in [0.2, 0.25) is 0 Å². The summed E-state index contributed by atoms with van der Waals surface area (Å²) in [6.07, 6.45) is 0. The minimum absolute atomic E-state index is 0.719. The van der Waals surface area contributed by atoms with Crippen LogP contribution >= 0.6 is 10.0 Å². The topological polar surface area (TPSA) is 29.5 Å². The molecule has 0 fully saturated rings. The Kier molecular flexibility index (Phi) is 9.21. The van der Waals surface area contributed by atoms with Crippen molar-refractivity contribution in [1.29, 1.82) is 0 Å². The third kappa shape index (κ3) is 5.81. The number of hydrogen-bond acceptors (Lipinski definition) is 3. The van der Waals surface area contributed by atoms with E-state index in [1.807, 2.05) is 12.1 Å². The zero-order valence-electron chi connectivity index (χ0n) is 37.5. The Morgan fingerprint density at radius 2 is 0.868 bits per heavy atom. The van der Waals surface area contributed by atoms with Gasteiger partial charge in [-0.15, -0.1) is 10.0 Å². The van der Waals surface area contributed by atoms with E-state index in [1.165, 1.54) is 48.1 Å². The van der Waals surface area contributed by atoms with Gasteiger partial charge in [-0.1, -0.05) is 146 Å². The summed E-state index contributed by atoms with van der Waals surface area (Å²) in [6.45, 7) is 6.90. The quantitative estimate of drug-likeness (QED) is 0.145. The zero-order chi connectivity index (χ0) is 45.4. The molecule has 0 unspecified atom stereocenters. The third-order valence-corrected chi connectivity index (χ3v) is 18.1. The summed E-state index contributed by atoms with van der Waals surface area (Å²) >= 11 is 0. The molecule has 1 aliphatic rings. The van der Waals surface area contributed by atoms with Crippen molar-refractivity contribution in [3.63, 3.8) is 0 Å². The number of fused-ring (bicyclic) bond motifs is 9. The van der Waals surface area contributed by atoms with Crippen LogP contribution in [0.1, 0.15) is 29.2 Å². The fourth-order valence-corrected chi connectivity index (χ4v) is 15.0. The van der Waals surface area contributed by atoms with Crippen molar-refractivity contribution < 1.29 is 8.83 Å². The lowest BCUT2D eigenvalue weighted by Crippen LogP contribution is -2.28. The molecule has 3 nitrogen and oxygen atoms in total. The Labute approximate surface area is 397 Å². The lowest BCUT2D eigenvalue weighted by Gasteiger charge is -2.42. The standard InChI is InChI=1S/C64H45NO2S/c1-43(2)68(48-21-8-4-9-22-48,49-23-10-5-11-24-49)50-37-35-47(36-38-50)65(46-19-6-3-7-20-46)58-30-18-29-57-63(58)53-27-12-15-28-56(53)64(57,44-33-39-61-54(41-44)51-25-13-16-31-59(51)66-61)45-34-40-62-55(42-45)52-26-14-17-32-60(52)67-62/h3-42H,1H2,2H3. The number of allylic oxidation sites excluding steroid dienone is 1. The molecule has 68 heavy (non-hydrogen) atoms. The van der Waals surface area contributed by atoms with Gasteiger partial charge in [0, 0.05) is 53.2 Å². The lowest BCUT2D eigenvalue weighted by molar-refractivity contribution is 0.667. The van der Waals surface area contributed by atoms with E-state index in [0.29, 0.717) is 0 Å². The van der Waals surface area contributed by atoms with Crippen molar-refractivity contribution in [3.8, 4) is 11.1 Å². The van der Waals surface area contributed by atoms with Crippen LogP contribution in [0.25, 0.3) is 55.0 Å². The van der Waals surface area contributed by atoms with Crippen LogP contribution in [0.3, 0.4) is 0 Å². The normalized spacial score (nSPS) is 13.2. The molecule has 13 rings (SSSR count). The summed E-state index contributed by atoms with van der Waals surface area (Å²) in [5.41, 5.74) is 13.2. The van der Waals surface area contributed by atoms with Gasteiger partial charge in [0.1, 0.15) is 22.3 Å². The van der Waals surface area contributed by atoms with Crippen LogP contribution in [-0.2, 0) is 5.41 Å². The van der Waals surface area contributed by atoms with Crippen LogP contribution in [-0.4, -0.2) is 0 Å². The van der Waals surface area contributed by atoms with E-state index in [1.54, 1.807) is 0 Å². The first-order chi connectivity index (χ1) is 33.5. The molecule has 0 saturated carbocycles. The molecule has 0 saturated heterocycles. The highest BCUT2D eigenvalue weighted by molar-refractivity contribution is 8.36. The molecule has 0 atom stereocenters. The number of benzene rings is 10. The maximum absolute atomic E-state index is 6.46. The van der Waals surface area contributed by atoms with Gasteiger partial charge in [-0.05, 0) is 143 Å². The van der Waals surface area contributed by atoms with Crippen LogP contribution < -0.4 is 4.90 Å². The highest BCUT2D eigenvalue weighted by Crippen LogP contribution is 2.73. The Hall–Kier alpha value is -8.31. The minimum Gasteiger partial charge on any atom is -0.456 e. The second-order valence-corrected chi connectivity index (χ2v) is 21.1. The van der Waals surface area contributed by atoms with E-state index in [2.05, 4.69) is 242 Å². The predicted octanol–water partition coefficient (Wildman–Crippen LogP) is 18.1. The third-order valence-electron chi connectivity index (χ3n) is 14.1. The molecule has 0 radical (unpaired) electrons. The van der Waals surface area contributed by atoms with Gasteiger partial charge in [-0.2, -0.15) is 0 Å². The van der Waals surface area contributed by atoms with E-state index in [4.69, 9.17) is 15.4 Å². The maximum atomic E-state index is 6.46. The number of nitrogens with zero attached hydrogens (tertiary/aromatic N) is 1. The first-order valence-corrected chi connectivity index (χ1v) is 24.8. The molecule has 0 aliphatic heterocycles. The monoisotopic (exact) mass is 891 g/mol. The molecule has 0 N–H and O–H groups in total. The van der Waals surface area contributed by atoms with Gasteiger partial charge in [0.05, 0.1) is 11.1 Å². The second-order valence-electron chi connectivity index (χ2n) is 17.7. The van der Waals surface area contributed by atoms with Crippen LogP contribution in [0.5, 0.6) is 0 Å². The summed E-state index contributed by atoms with van der Waals surface area (Å²) in [5, 5.41) is 4.40. The van der Waals surface area contributed by atoms with Crippen molar-refractivity contribution in [1.82, 2.24) is 0 Å². The molecule has 2 aromatic heterocycles. The Bertz CT molecular complexity index is 3730. The van der Waals surface area contributed by atoms with Gasteiger partial charge < -0.3 is 13.7 Å². The maximum Gasteiger partial charge on any atom is 0.135 e. The highest BCUT2D eigenvalue weighted by Gasteiger charge is 2.48. The molecule has 2 heterocycles. The number of furan rings is 2. The number of hydrogen-bond donors (Lipinski definition) is 0. The van der Waals surface area contributed by atoms with Crippen LogP contribution in [0.4, 0.5) is 17.1 Å². The van der Waals surface area contributed by atoms with Crippen molar-refractivity contribution in [2.75, 3.05) is 4.90 Å². The Morgan fingerprint density at radius 3 is 1.44 bits per heavy atom. The number of rotatable bonds is 9. The molecule has 1 aliphatic carbocycles. The van der Waals surface area contributed by atoms with Crippen LogP contribution in [0.15, 0.2) is 278 Å². The molecule has 0 spiro atoms. The van der Waals surface area contributed by atoms with Gasteiger partial charge in [0.15, 0.2) is 0 Å². The van der Waals surface area contributed by atoms with Crippen LogP contribution in [0.2, 0.25) is 0 Å². The molecule has 0 bridgehead atoms. The van der Waals surface area contributed by atoms with E-state index in [9.17, 15) is 0 Å².